The van der Waals surface area contributed by atoms with E-state index in [1.54, 1.807) is 6.92 Å². The molecule has 134 valence electrons. The molecule has 1 aromatic heterocycles. The quantitative estimate of drug-likeness (QED) is 0.365. The standard InChI is InChI=1S/C13H16N6O4S2/c1-2-15-9(20)7-10(17-18-16-7)24-3-5-4-25-12-6(14)11(21)19(12)8(5)13(22)23/h6,12H,2-4,14H2,1H3,(H,15,20)(H,22,23)(H,16,17,18)/t6?,12-/m0/s1. The Labute approximate surface area is 151 Å². The molecule has 0 radical (unpaired) electrons. The number of aromatic amines is 1. The number of carboxylic acid groups (broad SMARTS) is 1. The Hall–Kier alpha value is -2.05. The van der Waals surface area contributed by atoms with Crippen LogP contribution in [0, 0.1) is 0 Å². The minimum Gasteiger partial charge on any atom is -0.477 e. The van der Waals surface area contributed by atoms with Gasteiger partial charge in [0.15, 0.2) is 10.7 Å². The first-order valence-corrected chi connectivity index (χ1v) is 9.46. The molecule has 1 unspecified atom stereocenters. The van der Waals surface area contributed by atoms with Gasteiger partial charge in [0.25, 0.3) is 5.91 Å². The zero-order valence-corrected chi connectivity index (χ0v) is 14.8. The van der Waals surface area contributed by atoms with E-state index in [9.17, 15) is 19.5 Å². The fraction of sp³-hybridized carbons (Fsp3) is 0.462. The van der Waals surface area contributed by atoms with Crippen molar-refractivity contribution in [2.75, 3.05) is 18.1 Å². The Morgan fingerprint density at radius 1 is 1.52 bits per heavy atom. The molecule has 12 heteroatoms. The molecule has 3 heterocycles. The van der Waals surface area contributed by atoms with Crippen LogP contribution in [0.15, 0.2) is 16.3 Å². The van der Waals surface area contributed by atoms with Crippen molar-refractivity contribution >= 4 is 41.3 Å². The number of carboxylic acids is 1. The molecule has 25 heavy (non-hydrogen) atoms. The molecule has 2 aliphatic rings. The monoisotopic (exact) mass is 384 g/mol. The summed E-state index contributed by atoms with van der Waals surface area (Å²) in [7, 11) is 0. The summed E-state index contributed by atoms with van der Waals surface area (Å²) in [6.45, 7) is 2.25. The average Bonchev–Trinajstić information content (AvgIpc) is 3.07. The lowest BCUT2D eigenvalue weighted by Crippen LogP contribution is -2.68. The van der Waals surface area contributed by atoms with Crippen molar-refractivity contribution in [2.24, 2.45) is 5.73 Å². The van der Waals surface area contributed by atoms with Crippen LogP contribution >= 0.6 is 23.5 Å². The van der Waals surface area contributed by atoms with Gasteiger partial charge in [-0.05, 0) is 12.5 Å². The van der Waals surface area contributed by atoms with E-state index >= 15 is 0 Å². The molecular weight excluding hydrogens is 368 g/mol. The number of amides is 2. The maximum atomic E-state index is 11.9. The predicted octanol–water partition coefficient (Wildman–Crippen LogP) is -0.772. The van der Waals surface area contributed by atoms with Gasteiger partial charge >= 0.3 is 5.97 Å². The van der Waals surface area contributed by atoms with Crippen molar-refractivity contribution in [3.8, 4) is 0 Å². The van der Waals surface area contributed by atoms with Crippen LogP contribution in [0.3, 0.4) is 0 Å². The highest BCUT2D eigenvalue weighted by atomic mass is 32.2. The summed E-state index contributed by atoms with van der Waals surface area (Å²) < 4.78 is 0. The number of nitrogens with two attached hydrogens (primary N) is 1. The van der Waals surface area contributed by atoms with Crippen LogP contribution in [0.4, 0.5) is 0 Å². The molecule has 0 aromatic carbocycles. The summed E-state index contributed by atoms with van der Waals surface area (Å²) in [5.74, 6) is -1.18. The molecule has 0 aliphatic carbocycles. The summed E-state index contributed by atoms with van der Waals surface area (Å²) >= 11 is 2.63. The van der Waals surface area contributed by atoms with Gasteiger partial charge in [0.1, 0.15) is 17.1 Å². The summed E-state index contributed by atoms with van der Waals surface area (Å²) in [6, 6.07) is -0.659. The van der Waals surface area contributed by atoms with Gasteiger partial charge in [0, 0.05) is 18.1 Å². The lowest BCUT2D eigenvalue weighted by atomic mass is 10.0. The van der Waals surface area contributed by atoms with Crippen LogP contribution in [0.5, 0.6) is 0 Å². The van der Waals surface area contributed by atoms with E-state index in [0.29, 0.717) is 22.9 Å². The molecule has 2 atom stereocenters. The highest BCUT2D eigenvalue weighted by Crippen LogP contribution is 2.40. The maximum absolute atomic E-state index is 11.9. The highest BCUT2D eigenvalue weighted by Gasteiger charge is 2.51. The molecule has 2 amide bonds. The second kappa shape index (κ2) is 7.06. The lowest BCUT2D eigenvalue weighted by Gasteiger charge is -2.48. The minimum atomic E-state index is -1.16. The van der Waals surface area contributed by atoms with E-state index in [2.05, 4.69) is 20.7 Å². The summed E-state index contributed by atoms with van der Waals surface area (Å²) in [5, 5.41) is 22.3. The lowest BCUT2D eigenvalue weighted by molar-refractivity contribution is -0.147. The van der Waals surface area contributed by atoms with E-state index in [1.165, 1.54) is 28.4 Å². The molecule has 3 rings (SSSR count). The smallest absolute Gasteiger partial charge is 0.352 e. The van der Waals surface area contributed by atoms with E-state index in [0.717, 1.165) is 0 Å². The number of thioether (sulfide) groups is 2. The minimum absolute atomic E-state index is 0.0222. The maximum Gasteiger partial charge on any atom is 0.352 e. The second-order valence-electron chi connectivity index (χ2n) is 5.32. The fourth-order valence-corrected chi connectivity index (χ4v) is 4.91. The Morgan fingerprint density at radius 3 is 2.96 bits per heavy atom. The highest BCUT2D eigenvalue weighted by molar-refractivity contribution is 8.01. The molecule has 1 fully saturated rings. The molecule has 10 nitrogen and oxygen atoms in total. The fourth-order valence-electron chi connectivity index (χ4n) is 2.56. The molecule has 1 aromatic rings. The third-order valence-corrected chi connectivity index (χ3v) is 6.15. The first kappa shape index (κ1) is 17.8. The van der Waals surface area contributed by atoms with Gasteiger partial charge in [0.05, 0.1) is 0 Å². The number of hydrogen-bond acceptors (Lipinski definition) is 8. The van der Waals surface area contributed by atoms with Gasteiger partial charge in [-0.25, -0.2) is 4.79 Å². The third kappa shape index (κ3) is 3.12. The predicted molar refractivity (Wildman–Crippen MR) is 90.8 cm³/mol. The molecule has 2 aliphatic heterocycles. The number of H-pyrrole nitrogens is 1. The first-order valence-electron chi connectivity index (χ1n) is 7.43. The van der Waals surface area contributed by atoms with Crippen molar-refractivity contribution in [3.05, 3.63) is 17.0 Å². The number of nitrogens with zero attached hydrogens (tertiary/aromatic N) is 3. The number of carbonyl (C=O) groups is 3. The number of aromatic nitrogens is 3. The number of β-lactam (4-membered cyclic amide) rings is 1. The SMILES string of the molecule is CCNC(=O)c1n[nH]nc1SCC1=C(C(=O)O)N2C(=O)C(N)[C@@H]2SC1. The van der Waals surface area contributed by atoms with Crippen molar-refractivity contribution < 1.29 is 19.5 Å². The number of nitrogens with one attached hydrogen (secondary N) is 2. The van der Waals surface area contributed by atoms with Crippen LogP contribution in [0.25, 0.3) is 0 Å². The molecule has 0 spiro atoms. The van der Waals surface area contributed by atoms with Crippen LogP contribution in [0.1, 0.15) is 17.4 Å². The average molecular weight is 384 g/mol. The Morgan fingerprint density at radius 2 is 2.28 bits per heavy atom. The normalized spacial score (nSPS) is 22.5. The van der Waals surface area contributed by atoms with Crippen LogP contribution in [-0.2, 0) is 9.59 Å². The van der Waals surface area contributed by atoms with Gasteiger partial charge in [-0.3, -0.25) is 14.5 Å². The van der Waals surface area contributed by atoms with Gasteiger partial charge in [0.2, 0.25) is 5.91 Å². The van der Waals surface area contributed by atoms with E-state index in [4.69, 9.17) is 5.73 Å². The molecule has 0 bridgehead atoms. The number of rotatable bonds is 6. The summed E-state index contributed by atoms with van der Waals surface area (Å²) in [6.07, 6.45) is 0. The van der Waals surface area contributed by atoms with Gasteiger partial charge in [-0.1, -0.05) is 11.8 Å². The van der Waals surface area contributed by atoms with Gasteiger partial charge in [-0.2, -0.15) is 5.21 Å². The van der Waals surface area contributed by atoms with E-state index < -0.39 is 12.0 Å². The third-order valence-electron chi connectivity index (χ3n) is 3.74. The van der Waals surface area contributed by atoms with Gasteiger partial charge < -0.3 is 16.2 Å². The zero-order chi connectivity index (χ0) is 18.1. The van der Waals surface area contributed by atoms with Crippen LogP contribution in [-0.4, -0.2) is 72.7 Å². The molecule has 0 saturated carbocycles. The first-order chi connectivity index (χ1) is 12.0. The summed E-state index contributed by atoms with van der Waals surface area (Å²) in [4.78, 5) is 36.7. The molecule has 5 N–H and O–H groups in total. The Balaban J connectivity index is 1.78. The molecular formula is C13H16N6O4S2. The summed E-state index contributed by atoms with van der Waals surface area (Å²) in [5.41, 5.74) is 6.44. The Kier molecular flexibility index (Phi) is 5.01. The number of aliphatic carboxylic acids is 1. The van der Waals surface area contributed by atoms with E-state index in [-0.39, 0.29) is 34.3 Å². The number of carbonyl (C=O) groups excluding carboxylic acids is 2. The van der Waals surface area contributed by atoms with Crippen LogP contribution in [0.2, 0.25) is 0 Å². The van der Waals surface area contributed by atoms with Crippen molar-refractivity contribution in [1.29, 1.82) is 0 Å². The van der Waals surface area contributed by atoms with Gasteiger partial charge in [-0.15, -0.1) is 22.0 Å². The molecule has 1 saturated heterocycles. The van der Waals surface area contributed by atoms with E-state index in [1.807, 2.05) is 0 Å². The number of hydrogen-bond donors (Lipinski definition) is 4. The topological polar surface area (TPSA) is 154 Å². The zero-order valence-electron chi connectivity index (χ0n) is 13.2. The second-order valence-corrected chi connectivity index (χ2v) is 7.39. The van der Waals surface area contributed by atoms with Crippen LogP contribution < -0.4 is 11.1 Å². The largest absolute Gasteiger partial charge is 0.477 e. The van der Waals surface area contributed by atoms with Crippen molar-refractivity contribution in [2.45, 2.75) is 23.4 Å². The number of fused-ring (bicyclic) bond motifs is 1. The van der Waals surface area contributed by atoms with Crippen molar-refractivity contribution in [1.82, 2.24) is 25.6 Å². The van der Waals surface area contributed by atoms with Crippen molar-refractivity contribution in [3.63, 3.8) is 0 Å². The Bertz CT molecular complexity index is 763.